The Morgan fingerprint density at radius 2 is 2.04 bits per heavy atom. The summed E-state index contributed by atoms with van der Waals surface area (Å²) in [5, 5.41) is 0. The summed E-state index contributed by atoms with van der Waals surface area (Å²) in [5.41, 5.74) is 1.08. The zero-order valence-electron chi connectivity index (χ0n) is 13.6. The quantitative estimate of drug-likeness (QED) is 0.835. The third kappa shape index (κ3) is 4.31. The van der Waals surface area contributed by atoms with Gasteiger partial charge in [0.2, 0.25) is 0 Å². The van der Waals surface area contributed by atoms with E-state index in [1.807, 2.05) is 42.2 Å². The lowest BCUT2D eigenvalue weighted by Gasteiger charge is -2.35. The van der Waals surface area contributed by atoms with E-state index in [4.69, 9.17) is 14.2 Å². The van der Waals surface area contributed by atoms with Crippen LogP contribution in [-0.4, -0.2) is 49.5 Å². The first-order valence-corrected chi connectivity index (χ1v) is 8.41. The molecule has 5 heteroatoms. The van der Waals surface area contributed by atoms with Crippen molar-refractivity contribution in [3.05, 3.63) is 35.9 Å². The van der Waals surface area contributed by atoms with Crippen LogP contribution in [0, 0.1) is 5.92 Å². The molecule has 0 saturated carbocycles. The number of amides is 1. The number of carbonyl (C=O) groups is 1. The van der Waals surface area contributed by atoms with Gasteiger partial charge in [0.1, 0.15) is 6.10 Å². The highest BCUT2D eigenvalue weighted by atomic mass is 16.7. The number of piperidine rings is 1. The third-order valence-electron chi connectivity index (χ3n) is 4.49. The summed E-state index contributed by atoms with van der Waals surface area (Å²) in [4.78, 5) is 14.5. The molecule has 2 atom stereocenters. The van der Waals surface area contributed by atoms with Crippen molar-refractivity contribution >= 4 is 5.91 Å². The van der Waals surface area contributed by atoms with Crippen LogP contribution in [-0.2, 0) is 25.6 Å². The zero-order valence-corrected chi connectivity index (χ0v) is 13.6. The van der Waals surface area contributed by atoms with E-state index < -0.39 is 6.10 Å². The standard InChI is InChI=1S/C18H25NO4/c1-14(23-13-15-6-3-2-4-7-15)17(20)19-9-5-8-16(12-19)18-21-10-11-22-18/h2-4,6-7,14,16,18H,5,8-13H2,1H3. The van der Waals surface area contributed by atoms with E-state index in [9.17, 15) is 4.79 Å². The van der Waals surface area contributed by atoms with E-state index in [1.54, 1.807) is 0 Å². The smallest absolute Gasteiger partial charge is 0.251 e. The number of hydrogen-bond donors (Lipinski definition) is 0. The molecule has 2 heterocycles. The Hall–Kier alpha value is -1.43. The Bertz CT molecular complexity index is 501. The van der Waals surface area contributed by atoms with Gasteiger partial charge in [-0.05, 0) is 25.3 Å². The SMILES string of the molecule is CC(OCc1ccccc1)C(=O)N1CCCC(C2OCCO2)C1. The van der Waals surface area contributed by atoms with Gasteiger partial charge in [-0.25, -0.2) is 0 Å². The van der Waals surface area contributed by atoms with Crippen molar-refractivity contribution in [2.45, 2.75) is 38.8 Å². The van der Waals surface area contributed by atoms with Gasteiger partial charge < -0.3 is 19.1 Å². The van der Waals surface area contributed by atoms with Crippen LogP contribution in [0.1, 0.15) is 25.3 Å². The number of ether oxygens (including phenoxy) is 3. The summed E-state index contributed by atoms with van der Waals surface area (Å²) in [6.07, 6.45) is 1.46. The van der Waals surface area contributed by atoms with Gasteiger partial charge in [-0.3, -0.25) is 4.79 Å². The Kier molecular flexibility index (Phi) is 5.65. The number of rotatable bonds is 5. The van der Waals surface area contributed by atoms with E-state index >= 15 is 0 Å². The van der Waals surface area contributed by atoms with Crippen molar-refractivity contribution in [3.63, 3.8) is 0 Å². The number of hydrogen-bond acceptors (Lipinski definition) is 4. The van der Waals surface area contributed by atoms with Gasteiger partial charge in [-0.1, -0.05) is 30.3 Å². The fourth-order valence-electron chi connectivity index (χ4n) is 3.20. The molecule has 2 aliphatic rings. The Morgan fingerprint density at radius 3 is 2.78 bits per heavy atom. The fourth-order valence-corrected chi connectivity index (χ4v) is 3.20. The molecule has 2 aliphatic heterocycles. The minimum Gasteiger partial charge on any atom is -0.364 e. The van der Waals surface area contributed by atoms with Crippen LogP contribution in [0.4, 0.5) is 0 Å². The van der Waals surface area contributed by atoms with Crippen LogP contribution in [0.25, 0.3) is 0 Å². The first-order chi connectivity index (χ1) is 11.2. The number of nitrogens with zero attached hydrogens (tertiary/aromatic N) is 1. The molecular weight excluding hydrogens is 294 g/mol. The number of benzene rings is 1. The molecular formula is C18H25NO4. The highest BCUT2D eigenvalue weighted by Crippen LogP contribution is 2.25. The van der Waals surface area contributed by atoms with Gasteiger partial charge in [0.05, 0.1) is 19.8 Å². The summed E-state index contributed by atoms with van der Waals surface area (Å²) in [7, 11) is 0. The largest absolute Gasteiger partial charge is 0.364 e. The molecule has 5 nitrogen and oxygen atoms in total. The molecule has 1 amide bonds. The van der Waals surface area contributed by atoms with E-state index in [1.165, 1.54) is 0 Å². The summed E-state index contributed by atoms with van der Waals surface area (Å²) in [6, 6.07) is 9.93. The minimum absolute atomic E-state index is 0.0589. The molecule has 0 N–H and O–H groups in total. The predicted molar refractivity (Wildman–Crippen MR) is 85.7 cm³/mol. The molecule has 2 saturated heterocycles. The lowest BCUT2D eigenvalue weighted by Crippen LogP contribution is -2.47. The molecule has 2 unspecified atom stereocenters. The topological polar surface area (TPSA) is 48.0 Å². The second kappa shape index (κ2) is 7.90. The molecule has 3 rings (SSSR count). The molecule has 1 aromatic rings. The number of likely N-dealkylation sites (tertiary alicyclic amines) is 1. The van der Waals surface area contributed by atoms with Gasteiger partial charge in [0.25, 0.3) is 5.91 Å². The molecule has 2 fully saturated rings. The Morgan fingerprint density at radius 1 is 1.30 bits per heavy atom. The van der Waals surface area contributed by atoms with Gasteiger partial charge in [0.15, 0.2) is 6.29 Å². The maximum Gasteiger partial charge on any atom is 0.251 e. The second-order valence-electron chi connectivity index (χ2n) is 6.24. The number of carbonyl (C=O) groups excluding carboxylic acids is 1. The van der Waals surface area contributed by atoms with E-state index in [-0.39, 0.29) is 18.1 Å². The average Bonchev–Trinajstić information content (AvgIpc) is 3.15. The third-order valence-corrected chi connectivity index (χ3v) is 4.49. The van der Waals surface area contributed by atoms with Crippen molar-refractivity contribution in [3.8, 4) is 0 Å². The van der Waals surface area contributed by atoms with Crippen LogP contribution in [0.5, 0.6) is 0 Å². The zero-order chi connectivity index (χ0) is 16.1. The summed E-state index contributed by atoms with van der Waals surface area (Å²) in [6.45, 7) is 5.10. The van der Waals surface area contributed by atoms with Crippen molar-refractivity contribution in [2.75, 3.05) is 26.3 Å². The summed E-state index contributed by atoms with van der Waals surface area (Å²) < 4.78 is 16.9. The Balaban J connectivity index is 1.50. The van der Waals surface area contributed by atoms with Gasteiger partial charge in [-0.2, -0.15) is 0 Å². The molecule has 0 radical (unpaired) electrons. The maximum atomic E-state index is 12.6. The minimum atomic E-state index is -0.431. The molecule has 0 bridgehead atoms. The summed E-state index contributed by atoms with van der Waals surface area (Å²) in [5.74, 6) is 0.333. The predicted octanol–water partition coefficient (Wildman–Crippen LogP) is 2.20. The van der Waals surface area contributed by atoms with Crippen molar-refractivity contribution in [1.29, 1.82) is 0 Å². The van der Waals surface area contributed by atoms with Crippen molar-refractivity contribution < 1.29 is 19.0 Å². The highest BCUT2D eigenvalue weighted by Gasteiger charge is 2.34. The molecule has 126 valence electrons. The average molecular weight is 319 g/mol. The van der Waals surface area contributed by atoms with Gasteiger partial charge in [-0.15, -0.1) is 0 Å². The van der Waals surface area contributed by atoms with Gasteiger partial charge in [0, 0.05) is 19.0 Å². The van der Waals surface area contributed by atoms with Crippen LogP contribution < -0.4 is 0 Å². The maximum absolute atomic E-state index is 12.6. The second-order valence-corrected chi connectivity index (χ2v) is 6.24. The fraction of sp³-hybridized carbons (Fsp3) is 0.611. The van der Waals surface area contributed by atoms with Crippen LogP contribution in [0.15, 0.2) is 30.3 Å². The first kappa shape index (κ1) is 16.4. The lowest BCUT2D eigenvalue weighted by atomic mass is 9.97. The Labute approximate surface area is 137 Å². The molecule has 0 aromatic heterocycles. The first-order valence-electron chi connectivity index (χ1n) is 8.41. The monoisotopic (exact) mass is 319 g/mol. The molecule has 0 aliphatic carbocycles. The van der Waals surface area contributed by atoms with Crippen LogP contribution in [0.2, 0.25) is 0 Å². The van der Waals surface area contributed by atoms with Crippen LogP contribution >= 0.6 is 0 Å². The summed E-state index contributed by atoms with van der Waals surface area (Å²) >= 11 is 0. The van der Waals surface area contributed by atoms with Gasteiger partial charge >= 0.3 is 0 Å². The van der Waals surface area contributed by atoms with Crippen LogP contribution in [0.3, 0.4) is 0 Å². The van der Waals surface area contributed by atoms with Crippen molar-refractivity contribution in [2.24, 2.45) is 5.92 Å². The van der Waals surface area contributed by atoms with E-state index in [0.717, 1.165) is 24.9 Å². The lowest BCUT2D eigenvalue weighted by molar-refractivity contribution is -0.150. The highest BCUT2D eigenvalue weighted by molar-refractivity contribution is 5.80. The van der Waals surface area contributed by atoms with E-state index in [0.29, 0.717) is 26.4 Å². The van der Waals surface area contributed by atoms with Crippen molar-refractivity contribution in [1.82, 2.24) is 4.90 Å². The molecule has 23 heavy (non-hydrogen) atoms. The van der Waals surface area contributed by atoms with E-state index in [2.05, 4.69) is 0 Å². The molecule has 0 spiro atoms. The molecule has 1 aromatic carbocycles. The normalized spacial score (nSPS) is 23.9.